The number of rotatable bonds is 9. The fraction of sp³-hybridized carbons (Fsp3) is 0.292. The fourth-order valence-electron chi connectivity index (χ4n) is 2.94. The summed E-state index contributed by atoms with van der Waals surface area (Å²) in [6, 6.07) is 9.95. The highest BCUT2D eigenvalue weighted by Gasteiger charge is 2.28. The first-order valence-electron chi connectivity index (χ1n) is 10.5. The molecule has 3 aromatic rings. The molecule has 1 amide bonds. The number of benzene rings is 1. The van der Waals surface area contributed by atoms with Crippen molar-refractivity contribution in [2.75, 3.05) is 11.9 Å². The molecule has 0 bridgehead atoms. The van der Waals surface area contributed by atoms with E-state index < -0.39 is 17.8 Å². The van der Waals surface area contributed by atoms with E-state index in [1.54, 1.807) is 58.0 Å². The van der Waals surface area contributed by atoms with Crippen molar-refractivity contribution < 1.29 is 33.0 Å². The van der Waals surface area contributed by atoms with Crippen molar-refractivity contribution in [3.8, 4) is 5.75 Å². The van der Waals surface area contributed by atoms with Crippen LogP contribution in [0.3, 0.4) is 0 Å². The third kappa shape index (κ3) is 6.18. The number of hydrogen-bond acceptors (Lipinski definition) is 8. The Kier molecular flexibility index (Phi) is 8.36. The summed E-state index contributed by atoms with van der Waals surface area (Å²) in [7, 11) is 0. The molecule has 0 unspecified atom stereocenters. The third-order valence-electron chi connectivity index (χ3n) is 4.46. The molecule has 1 N–H and O–H groups in total. The molecule has 2 heterocycles. The largest absolute Gasteiger partial charge is 0.486 e. The van der Waals surface area contributed by atoms with Crippen molar-refractivity contribution in [2.24, 2.45) is 0 Å². The normalized spacial score (nSPS) is 10.8. The minimum absolute atomic E-state index is 0.0154. The van der Waals surface area contributed by atoms with E-state index in [1.807, 2.05) is 0 Å². The second-order valence-corrected chi connectivity index (χ2v) is 8.85. The zero-order valence-electron chi connectivity index (χ0n) is 19.1. The monoisotopic (exact) mass is 505 g/mol. The van der Waals surface area contributed by atoms with Crippen LogP contribution in [-0.2, 0) is 16.1 Å². The lowest BCUT2D eigenvalue weighted by molar-refractivity contribution is 0.0379. The Morgan fingerprint density at radius 2 is 1.79 bits per heavy atom. The van der Waals surface area contributed by atoms with Crippen LogP contribution < -0.4 is 10.1 Å². The topological polar surface area (TPSA) is 104 Å². The van der Waals surface area contributed by atoms with E-state index in [0.29, 0.717) is 22.1 Å². The van der Waals surface area contributed by atoms with Gasteiger partial charge in [-0.25, -0.2) is 9.59 Å². The van der Waals surface area contributed by atoms with Gasteiger partial charge in [0.1, 0.15) is 28.0 Å². The van der Waals surface area contributed by atoms with Gasteiger partial charge in [-0.05, 0) is 69.7 Å². The number of amides is 1. The molecule has 10 heteroatoms. The SMILES string of the molecule is CCOC(=O)c1sc(NC(=O)c2ccc(COc3ccc(Cl)cc3)o2)c(C(=O)OC(C)C)c1C. The molecule has 0 atom stereocenters. The van der Waals surface area contributed by atoms with E-state index in [0.717, 1.165) is 11.3 Å². The first kappa shape index (κ1) is 25.3. The van der Waals surface area contributed by atoms with E-state index in [9.17, 15) is 14.4 Å². The Morgan fingerprint density at radius 3 is 2.44 bits per heavy atom. The number of thiophene rings is 1. The first-order valence-corrected chi connectivity index (χ1v) is 11.7. The van der Waals surface area contributed by atoms with Gasteiger partial charge in [-0.15, -0.1) is 11.3 Å². The maximum Gasteiger partial charge on any atom is 0.348 e. The first-order chi connectivity index (χ1) is 16.2. The highest BCUT2D eigenvalue weighted by molar-refractivity contribution is 7.18. The number of carbonyl (C=O) groups is 3. The molecule has 0 fully saturated rings. The molecule has 0 saturated heterocycles. The number of ether oxygens (including phenoxy) is 3. The number of esters is 2. The number of furan rings is 1. The van der Waals surface area contributed by atoms with Crippen LogP contribution in [0.4, 0.5) is 5.00 Å². The maximum absolute atomic E-state index is 12.8. The molecular formula is C24H24ClNO7S. The molecule has 8 nitrogen and oxygen atoms in total. The second kappa shape index (κ2) is 11.2. The van der Waals surface area contributed by atoms with Gasteiger partial charge in [0.2, 0.25) is 0 Å². The molecule has 34 heavy (non-hydrogen) atoms. The molecule has 0 radical (unpaired) electrons. The Morgan fingerprint density at radius 1 is 1.09 bits per heavy atom. The van der Waals surface area contributed by atoms with Gasteiger partial charge in [0.15, 0.2) is 5.76 Å². The smallest absolute Gasteiger partial charge is 0.348 e. The highest BCUT2D eigenvalue weighted by Crippen LogP contribution is 2.35. The van der Waals surface area contributed by atoms with Crippen molar-refractivity contribution in [1.29, 1.82) is 0 Å². The quantitative estimate of drug-likeness (QED) is 0.362. The Labute approximate surface area is 205 Å². The summed E-state index contributed by atoms with van der Waals surface area (Å²) < 4.78 is 21.6. The van der Waals surface area contributed by atoms with Gasteiger partial charge in [-0.2, -0.15) is 0 Å². The fourth-order valence-corrected chi connectivity index (χ4v) is 4.15. The second-order valence-electron chi connectivity index (χ2n) is 7.40. The van der Waals surface area contributed by atoms with Gasteiger partial charge in [0.25, 0.3) is 5.91 Å². The predicted molar refractivity (Wildman–Crippen MR) is 128 cm³/mol. The van der Waals surface area contributed by atoms with Crippen molar-refractivity contribution in [1.82, 2.24) is 0 Å². The van der Waals surface area contributed by atoms with Crippen LogP contribution in [0.25, 0.3) is 0 Å². The lowest BCUT2D eigenvalue weighted by Gasteiger charge is -2.10. The molecule has 2 aromatic heterocycles. The van der Waals surface area contributed by atoms with Crippen LogP contribution in [0.15, 0.2) is 40.8 Å². The van der Waals surface area contributed by atoms with Crippen LogP contribution in [0.5, 0.6) is 5.75 Å². The van der Waals surface area contributed by atoms with E-state index in [1.165, 1.54) is 6.07 Å². The average molecular weight is 506 g/mol. The van der Waals surface area contributed by atoms with Gasteiger partial charge in [0.05, 0.1) is 18.3 Å². The summed E-state index contributed by atoms with van der Waals surface area (Å²) in [6.07, 6.45) is -0.380. The van der Waals surface area contributed by atoms with E-state index in [4.69, 9.17) is 30.2 Å². The van der Waals surface area contributed by atoms with Crippen molar-refractivity contribution in [3.63, 3.8) is 0 Å². The van der Waals surface area contributed by atoms with Crippen LogP contribution >= 0.6 is 22.9 Å². The van der Waals surface area contributed by atoms with Crippen LogP contribution in [0.2, 0.25) is 5.02 Å². The molecule has 0 saturated carbocycles. The molecule has 1 aromatic carbocycles. The number of nitrogens with one attached hydrogen (secondary N) is 1. The van der Waals surface area contributed by atoms with Gasteiger partial charge < -0.3 is 23.9 Å². The summed E-state index contributed by atoms with van der Waals surface area (Å²) in [4.78, 5) is 38.1. The Balaban J connectivity index is 1.78. The van der Waals surface area contributed by atoms with E-state index in [2.05, 4.69) is 5.32 Å². The minimum atomic E-state index is -0.647. The van der Waals surface area contributed by atoms with Gasteiger partial charge >= 0.3 is 11.9 Å². The van der Waals surface area contributed by atoms with Crippen molar-refractivity contribution in [3.05, 3.63) is 68.9 Å². The molecule has 0 aliphatic heterocycles. The lowest BCUT2D eigenvalue weighted by atomic mass is 10.1. The summed E-state index contributed by atoms with van der Waals surface area (Å²) in [5.41, 5.74) is 0.480. The lowest BCUT2D eigenvalue weighted by Crippen LogP contribution is -2.16. The van der Waals surface area contributed by atoms with E-state index in [-0.39, 0.29) is 40.5 Å². The molecule has 0 aliphatic carbocycles. The number of anilines is 1. The van der Waals surface area contributed by atoms with Gasteiger partial charge in [-0.3, -0.25) is 4.79 Å². The van der Waals surface area contributed by atoms with Gasteiger partial charge in [0, 0.05) is 5.02 Å². The third-order valence-corrected chi connectivity index (χ3v) is 5.90. The number of halogens is 1. The summed E-state index contributed by atoms with van der Waals surface area (Å²) in [5, 5.41) is 3.42. The van der Waals surface area contributed by atoms with Crippen LogP contribution in [-0.4, -0.2) is 30.6 Å². The predicted octanol–water partition coefficient (Wildman–Crippen LogP) is 5.88. The Hall–Kier alpha value is -3.30. The van der Waals surface area contributed by atoms with Crippen molar-refractivity contribution in [2.45, 2.75) is 40.4 Å². The zero-order valence-corrected chi connectivity index (χ0v) is 20.7. The van der Waals surface area contributed by atoms with Gasteiger partial charge in [-0.1, -0.05) is 11.6 Å². The summed E-state index contributed by atoms with van der Waals surface area (Å²) >= 11 is 6.80. The zero-order chi connectivity index (χ0) is 24.8. The molecule has 180 valence electrons. The minimum Gasteiger partial charge on any atom is -0.486 e. The number of carbonyl (C=O) groups excluding carboxylic acids is 3. The average Bonchev–Trinajstić information content (AvgIpc) is 3.37. The maximum atomic E-state index is 12.8. The molecule has 0 spiro atoms. The highest BCUT2D eigenvalue weighted by atomic mass is 35.5. The molecular weight excluding hydrogens is 482 g/mol. The summed E-state index contributed by atoms with van der Waals surface area (Å²) in [5.74, 6) is -0.778. The van der Waals surface area contributed by atoms with Crippen LogP contribution in [0, 0.1) is 6.92 Å². The summed E-state index contributed by atoms with van der Waals surface area (Å²) in [6.45, 7) is 6.99. The van der Waals surface area contributed by atoms with Crippen LogP contribution in [0.1, 0.15) is 62.7 Å². The van der Waals surface area contributed by atoms with Crippen molar-refractivity contribution >= 4 is 45.8 Å². The Bertz CT molecular complexity index is 1180. The molecule has 3 rings (SSSR count). The number of hydrogen-bond donors (Lipinski definition) is 1. The van der Waals surface area contributed by atoms with E-state index >= 15 is 0 Å². The molecule has 0 aliphatic rings. The standard InChI is InChI=1S/C24H24ClNO7S/c1-5-30-24(29)20-14(4)19(23(28)32-13(2)3)22(34-20)26-21(27)18-11-10-17(33-18)12-31-16-8-6-15(25)7-9-16/h6-11,13H,5,12H2,1-4H3,(H,26,27).